The molecule has 40 heavy (non-hydrogen) atoms. The molecule has 0 fully saturated rings. The number of methoxy groups -OCH3 is 2. The Morgan fingerprint density at radius 1 is 0.950 bits per heavy atom. The largest absolute Gasteiger partial charge is 0.493 e. The minimum absolute atomic E-state index is 0.0217. The highest BCUT2D eigenvalue weighted by Crippen LogP contribution is 2.30. The van der Waals surface area contributed by atoms with Gasteiger partial charge in [-0.1, -0.05) is 47.7 Å². The van der Waals surface area contributed by atoms with Gasteiger partial charge in [0.25, 0.3) is 5.91 Å². The van der Waals surface area contributed by atoms with Gasteiger partial charge in [0.05, 0.1) is 32.2 Å². The first-order chi connectivity index (χ1) is 19.4. The molecule has 5 rings (SSSR count). The first-order valence-corrected chi connectivity index (χ1v) is 13.9. The number of fused-ring (bicyclic) bond motifs is 1. The second-order valence-electron chi connectivity index (χ2n) is 9.49. The average molecular weight is 558 g/mol. The molecule has 0 bridgehead atoms. The summed E-state index contributed by atoms with van der Waals surface area (Å²) in [6, 6.07) is 19.1. The van der Waals surface area contributed by atoms with E-state index in [-0.39, 0.29) is 24.1 Å². The molecule has 206 valence electrons. The molecule has 0 atom stereocenters. The Morgan fingerprint density at radius 2 is 1.75 bits per heavy atom. The Morgan fingerprint density at radius 3 is 2.52 bits per heavy atom. The summed E-state index contributed by atoms with van der Waals surface area (Å²) in [6.45, 7) is 4.88. The Labute approximate surface area is 237 Å². The van der Waals surface area contributed by atoms with Gasteiger partial charge in [-0.2, -0.15) is 0 Å². The summed E-state index contributed by atoms with van der Waals surface area (Å²) in [4.78, 5) is 28.0. The highest BCUT2D eigenvalue weighted by atomic mass is 32.2. The SMILES string of the molecule is COc1ccc(C(=O)NCc2nnc(SCC(=O)N3CCc4ccccc43)n2-c2ccc(C)cc2C)cc1OC. The fourth-order valence-electron chi connectivity index (χ4n) is 4.85. The van der Waals surface area contributed by atoms with E-state index < -0.39 is 0 Å². The zero-order valence-corrected chi connectivity index (χ0v) is 23.7. The number of rotatable bonds is 9. The number of anilines is 1. The predicted octanol–water partition coefficient (Wildman–Crippen LogP) is 4.51. The van der Waals surface area contributed by atoms with Gasteiger partial charge in [-0.05, 0) is 61.7 Å². The molecule has 1 N–H and O–H groups in total. The molecule has 0 saturated heterocycles. The smallest absolute Gasteiger partial charge is 0.251 e. The van der Waals surface area contributed by atoms with Crippen LogP contribution in [0, 0.1) is 13.8 Å². The van der Waals surface area contributed by atoms with Gasteiger partial charge in [0.2, 0.25) is 5.91 Å². The lowest BCUT2D eigenvalue weighted by atomic mass is 10.1. The zero-order chi connectivity index (χ0) is 28.2. The summed E-state index contributed by atoms with van der Waals surface area (Å²) in [7, 11) is 3.07. The first kappa shape index (κ1) is 27.3. The van der Waals surface area contributed by atoms with Crippen molar-refractivity contribution in [1.29, 1.82) is 0 Å². The Hall–Kier alpha value is -4.31. The van der Waals surface area contributed by atoms with Gasteiger partial charge >= 0.3 is 0 Å². The van der Waals surface area contributed by atoms with Crippen LogP contribution < -0.4 is 19.7 Å². The van der Waals surface area contributed by atoms with Crippen LogP contribution in [0.5, 0.6) is 11.5 Å². The molecule has 0 radical (unpaired) electrons. The van der Waals surface area contributed by atoms with Gasteiger partial charge in [-0.15, -0.1) is 10.2 Å². The van der Waals surface area contributed by atoms with Gasteiger partial charge in [0.15, 0.2) is 22.5 Å². The number of benzene rings is 3. The fourth-order valence-corrected chi connectivity index (χ4v) is 5.69. The number of amides is 2. The van der Waals surface area contributed by atoms with Gasteiger partial charge in [0, 0.05) is 17.8 Å². The van der Waals surface area contributed by atoms with E-state index in [1.54, 1.807) is 25.3 Å². The van der Waals surface area contributed by atoms with Crippen molar-refractivity contribution in [3.63, 3.8) is 0 Å². The summed E-state index contributed by atoms with van der Waals surface area (Å²) >= 11 is 1.34. The first-order valence-electron chi connectivity index (χ1n) is 12.9. The van der Waals surface area contributed by atoms with Crippen molar-refractivity contribution in [2.75, 3.05) is 31.4 Å². The number of carbonyl (C=O) groups excluding carboxylic acids is 2. The van der Waals surface area contributed by atoms with E-state index in [1.165, 1.54) is 24.4 Å². The molecule has 1 aliphatic heterocycles. The number of aromatic nitrogens is 3. The third-order valence-electron chi connectivity index (χ3n) is 6.86. The summed E-state index contributed by atoms with van der Waals surface area (Å²) in [6.07, 6.45) is 0.856. The van der Waals surface area contributed by atoms with Crippen molar-refractivity contribution in [2.24, 2.45) is 0 Å². The average Bonchev–Trinajstić information content (AvgIpc) is 3.58. The van der Waals surface area contributed by atoms with Crippen molar-refractivity contribution in [1.82, 2.24) is 20.1 Å². The number of nitrogens with zero attached hydrogens (tertiary/aromatic N) is 4. The summed E-state index contributed by atoms with van der Waals surface area (Å²) in [5.74, 6) is 1.53. The van der Waals surface area contributed by atoms with E-state index in [9.17, 15) is 9.59 Å². The van der Waals surface area contributed by atoms with Gasteiger partial charge < -0.3 is 19.7 Å². The minimum atomic E-state index is -0.284. The van der Waals surface area contributed by atoms with Crippen LogP contribution in [0.3, 0.4) is 0 Å². The maximum atomic E-state index is 13.2. The Kier molecular flexibility index (Phi) is 8.06. The fraction of sp³-hybridized carbons (Fsp3) is 0.267. The second kappa shape index (κ2) is 11.8. The number of nitrogens with one attached hydrogen (secondary N) is 1. The van der Waals surface area contributed by atoms with Crippen LogP contribution in [0.1, 0.15) is 32.9 Å². The van der Waals surface area contributed by atoms with Crippen LogP contribution in [0.4, 0.5) is 5.69 Å². The topological polar surface area (TPSA) is 98.6 Å². The lowest BCUT2D eigenvalue weighted by Gasteiger charge is -2.17. The van der Waals surface area contributed by atoms with Crippen molar-refractivity contribution in [3.05, 3.63) is 88.7 Å². The molecule has 9 nitrogen and oxygen atoms in total. The number of hydrogen-bond acceptors (Lipinski definition) is 7. The van der Waals surface area contributed by atoms with Crippen LogP contribution in [0.25, 0.3) is 5.69 Å². The molecular formula is C30H31N5O4S. The molecule has 0 aliphatic carbocycles. The maximum absolute atomic E-state index is 13.2. The standard InChI is InChI=1S/C30H31N5O4S/c1-19-9-11-23(20(2)15-19)35-27(17-31-29(37)22-10-12-25(38-3)26(16-22)39-4)32-33-30(35)40-18-28(36)34-14-13-21-7-5-6-8-24(21)34/h5-12,15-16H,13-14,17-18H2,1-4H3,(H,31,37). The summed E-state index contributed by atoms with van der Waals surface area (Å²) in [5, 5.41) is 12.3. The third kappa shape index (κ3) is 5.53. The predicted molar refractivity (Wildman–Crippen MR) is 155 cm³/mol. The van der Waals surface area contributed by atoms with Crippen molar-refractivity contribution in [3.8, 4) is 17.2 Å². The van der Waals surface area contributed by atoms with Gasteiger partial charge in [-0.25, -0.2) is 0 Å². The molecular weight excluding hydrogens is 526 g/mol. The van der Waals surface area contributed by atoms with Gasteiger partial charge in [0.1, 0.15) is 0 Å². The van der Waals surface area contributed by atoms with Crippen molar-refractivity contribution >= 4 is 29.3 Å². The molecule has 0 spiro atoms. The molecule has 0 saturated carbocycles. The molecule has 1 aromatic heterocycles. The lowest BCUT2D eigenvalue weighted by molar-refractivity contribution is -0.116. The van der Waals surface area contributed by atoms with Crippen LogP contribution in [-0.2, 0) is 17.8 Å². The summed E-state index contributed by atoms with van der Waals surface area (Å²) < 4.78 is 12.5. The highest BCUT2D eigenvalue weighted by molar-refractivity contribution is 7.99. The number of para-hydroxylation sites is 1. The van der Waals surface area contributed by atoms with Crippen LogP contribution in [0.15, 0.2) is 65.8 Å². The quantitative estimate of drug-likeness (QED) is 0.302. The minimum Gasteiger partial charge on any atom is -0.493 e. The molecule has 10 heteroatoms. The number of aryl methyl sites for hydroxylation is 2. The molecule has 0 unspecified atom stereocenters. The zero-order valence-electron chi connectivity index (χ0n) is 22.9. The number of hydrogen-bond donors (Lipinski definition) is 1. The van der Waals surface area contributed by atoms with Crippen molar-refractivity contribution in [2.45, 2.75) is 32.0 Å². The number of thioether (sulfide) groups is 1. The number of carbonyl (C=O) groups is 2. The Bertz CT molecular complexity index is 1570. The van der Waals surface area contributed by atoms with E-state index in [2.05, 4.69) is 27.6 Å². The second-order valence-corrected chi connectivity index (χ2v) is 10.4. The molecule has 2 heterocycles. The van der Waals surface area contributed by atoms with E-state index in [1.807, 2.05) is 53.6 Å². The lowest BCUT2D eigenvalue weighted by Crippen LogP contribution is -2.30. The van der Waals surface area contributed by atoms with E-state index in [0.29, 0.717) is 34.6 Å². The van der Waals surface area contributed by atoms with E-state index in [0.717, 1.165) is 28.9 Å². The maximum Gasteiger partial charge on any atom is 0.251 e. The van der Waals surface area contributed by atoms with Gasteiger partial charge in [-0.3, -0.25) is 14.2 Å². The van der Waals surface area contributed by atoms with E-state index >= 15 is 0 Å². The number of ether oxygens (including phenoxy) is 2. The van der Waals surface area contributed by atoms with Crippen LogP contribution in [0.2, 0.25) is 0 Å². The van der Waals surface area contributed by atoms with Crippen LogP contribution in [-0.4, -0.2) is 53.1 Å². The van der Waals surface area contributed by atoms with E-state index in [4.69, 9.17) is 9.47 Å². The Balaban J connectivity index is 1.37. The summed E-state index contributed by atoms with van der Waals surface area (Å²) in [5.41, 5.74) is 5.66. The normalized spacial score (nSPS) is 12.2. The van der Waals surface area contributed by atoms with Crippen LogP contribution >= 0.6 is 11.8 Å². The highest BCUT2D eigenvalue weighted by Gasteiger charge is 2.25. The molecule has 4 aromatic rings. The molecule has 3 aromatic carbocycles. The van der Waals surface area contributed by atoms with Crippen molar-refractivity contribution < 1.29 is 19.1 Å². The molecule has 2 amide bonds. The third-order valence-corrected chi connectivity index (χ3v) is 7.77. The monoisotopic (exact) mass is 557 g/mol. The molecule has 1 aliphatic rings.